The van der Waals surface area contributed by atoms with Gasteiger partial charge < -0.3 is 9.64 Å². The summed E-state index contributed by atoms with van der Waals surface area (Å²) in [6.45, 7) is 0.532. The molecule has 0 fully saturated rings. The quantitative estimate of drug-likeness (QED) is 0.772. The van der Waals surface area contributed by atoms with Crippen molar-refractivity contribution in [1.29, 1.82) is 0 Å². The highest BCUT2D eigenvalue weighted by atomic mass is 32.2. The van der Waals surface area contributed by atoms with E-state index in [2.05, 4.69) is 0 Å². The largest absolute Gasteiger partial charge is 0.465 e. The molecule has 0 unspecified atom stereocenters. The summed E-state index contributed by atoms with van der Waals surface area (Å²) in [5.41, 5.74) is 2.35. The van der Waals surface area contributed by atoms with Crippen LogP contribution in [0.1, 0.15) is 32.7 Å². The molecule has 0 N–H and O–H groups in total. The summed E-state index contributed by atoms with van der Waals surface area (Å²) >= 11 is 0. The third-order valence-corrected chi connectivity index (χ3v) is 5.56. The van der Waals surface area contributed by atoms with Gasteiger partial charge in [0.1, 0.15) is 0 Å². The number of hydrogen-bond donors (Lipinski definition) is 0. The van der Waals surface area contributed by atoms with Gasteiger partial charge in [0, 0.05) is 24.1 Å². The molecule has 0 spiro atoms. The number of fused-ring (bicyclic) bond motifs is 1. The van der Waals surface area contributed by atoms with Gasteiger partial charge in [0.2, 0.25) is 0 Å². The van der Waals surface area contributed by atoms with E-state index in [-0.39, 0.29) is 10.8 Å². The molecule has 0 atom stereocenters. The summed E-state index contributed by atoms with van der Waals surface area (Å²) in [4.78, 5) is 26.7. The molecule has 0 bridgehead atoms. The maximum atomic E-state index is 12.9. The number of methoxy groups -OCH3 is 1. The maximum Gasteiger partial charge on any atom is 0.338 e. The predicted molar refractivity (Wildman–Crippen MR) is 97.3 cm³/mol. The van der Waals surface area contributed by atoms with E-state index in [1.165, 1.54) is 31.4 Å². The molecule has 0 radical (unpaired) electrons. The summed E-state index contributed by atoms with van der Waals surface area (Å²) in [5, 5.41) is 0. The van der Waals surface area contributed by atoms with Crippen LogP contribution in [0.3, 0.4) is 0 Å². The molecule has 1 aliphatic rings. The monoisotopic (exact) mass is 373 g/mol. The molecular weight excluding hydrogens is 354 g/mol. The molecule has 2 aromatic rings. The molecule has 1 amide bonds. The molecule has 7 heteroatoms. The van der Waals surface area contributed by atoms with Crippen LogP contribution in [0.4, 0.5) is 5.69 Å². The zero-order chi connectivity index (χ0) is 18.9. The third-order valence-electron chi connectivity index (χ3n) is 4.43. The zero-order valence-electron chi connectivity index (χ0n) is 14.6. The average molecular weight is 373 g/mol. The van der Waals surface area contributed by atoms with Gasteiger partial charge in [-0.2, -0.15) is 0 Å². The minimum absolute atomic E-state index is 0.168. The van der Waals surface area contributed by atoms with Gasteiger partial charge in [0.25, 0.3) is 5.91 Å². The lowest BCUT2D eigenvalue weighted by Gasteiger charge is -2.30. The second-order valence-electron chi connectivity index (χ2n) is 6.15. The molecule has 6 nitrogen and oxygen atoms in total. The first-order valence-corrected chi connectivity index (χ1v) is 10.0. The molecule has 26 heavy (non-hydrogen) atoms. The van der Waals surface area contributed by atoms with Crippen LogP contribution in [0.25, 0.3) is 0 Å². The van der Waals surface area contributed by atoms with E-state index in [4.69, 9.17) is 4.74 Å². The summed E-state index contributed by atoms with van der Waals surface area (Å²) in [6, 6.07) is 11.1. The molecule has 3 rings (SSSR count). The van der Waals surface area contributed by atoms with Crippen molar-refractivity contribution < 1.29 is 22.7 Å². The molecule has 0 aromatic heterocycles. The SMILES string of the molecule is COC(=O)c1cccc2c1CCCN2C(=O)c1ccc(S(C)(=O)=O)cc1. The van der Waals surface area contributed by atoms with Gasteiger partial charge in [-0.25, -0.2) is 13.2 Å². The summed E-state index contributed by atoms with van der Waals surface area (Å²) in [6.07, 6.45) is 2.55. The predicted octanol–water partition coefficient (Wildman–Crippen LogP) is 2.47. The molecular formula is C19H19NO5S. The third kappa shape index (κ3) is 3.35. The second kappa shape index (κ2) is 6.92. The molecule has 2 aromatic carbocycles. The number of carbonyl (C=O) groups excluding carboxylic acids is 2. The molecule has 1 heterocycles. The van der Waals surface area contributed by atoms with Crippen molar-refractivity contribution in [3.05, 3.63) is 59.2 Å². The number of anilines is 1. The Labute approximate surface area is 152 Å². The molecule has 1 aliphatic heterocycles. The highest BCUT2D eigenvalue weighted by Gasteiger charge is 2.27. The smallest absolute Gasteiger partial charge is 0.338 e. The Morgan fingerprint density at radius 1 is 1.08 bits per heavy atom. The Morgan fingerprint density at radius 2 is 1.77 bits per heavy atom. The Morgan fingerprint density at radius 3 is 2.38 bits per heavy atom. The minimum Gasteiger partial charge on any atom is -0.465 e. The Kier molecular flexibility index (Phi) is 4.82. The van der Waals surface area contributed by atoms with Gasteiger partial charge in [0.15, 0.2) is 9.84 Å². The molecule has 0 aliphatic carbocycles. The van der Waals surface area contributed by atoms with Crippen molar-refractivity contribution in [3.63, 3.8) is 0 Å². The van der Waals surface area contributed by atoms with Crippen LogP contribution in [-0.4, -0.2) is 40.2 Å². The Bertz CT molecular complexity index is 964. The number of amides is 1. The normalized spacial score (nSPS) is 13.8. The number of nitrogens with zero attached hydrogens (tertiary/aromatic N) is 1. The average Bonchev–Trinajstić information content (AvgIpc) is 2.65. The summed E-state index contributed by atoms with van der Waals surface area (Å²) in [5.74, 6) is -0.651. The topological polar surface area (TPSA) is 80.8 Å². The number of benzene rings is 2. The van der Waals surface area contributed by atoms with Crippen LogP contribution in [0.2, 0.25) is 0 Å². The van der Waals surface area contributed by atoms with E-state index in [0.717, 1.165) is 18.2 Å². The first kappa shape index (κ1) is 18.1. The first-order chi connectivity index (χ1) is 12.3. The van der Waals surface area contributed by atoms with Crippen LogP contribution >= 0.6 is 0 Å². The highest BCUT2D eigenvalue weighted by molar-refractivity contribution is 7.90. The molecule has 136 valence electrons. The van der Waals surface area contributed by atoms with E-state index in [1.807, 2.05) is 6.07 Å². The van der Waals surface area contributed by atoms with Gasteiger partial charge in [-0.15, -0.1) is 0 Å². The highest BCUT2D eigenvalue weighted by Crippen LogP contribution is 2.31. The van der Waals surface area contributed by atoms with Gasteiger partial charge in [-0.1, -0.05) is 6.07 Å². The fourth-order valence-corrected chi connectivity index (χ4v) is 3.77. The van der Waals surface area contributed by atoms with Crippen LogP contribution in [0.5, 0.6) is 0 Å². The van der Waals surface area contributed by atoms with Crippen molar-refractivity contribution >= 4 is 27.4 Å². The van der Waals surface area contributed by atoms with Crippen molar-refractivity contribution in [2.45, 2.75) is 17.7 Å². The number of esters is 1. The fraction of sp³-hybridized carbons (Fsp3) is 0.263. The maximum absolute atomic E-state index is 12.9. The van der Waals surface area contributed by atoms with Gasteiger partial charge in [-0.05, 0) is 54.8 Å². The minimum atomic E-state index is -3.31. The van der Waals surface area contributed by atoms with Gasteiger partial charge in [0.05, 0.1) is 17.6 Å². The van der Waals surface area contributed by atoms with E-state index >= 15 is 0 Å². The Balaban J connectivity index is 1.97. The fourth-order valence-electron chi connectivity index (χ4n) is 3.14. The summed E-state index contributed by atoms with van der Waals surface area (Å²) in [7, 11) is -1.98. The first-order valence-electron chi connectivity index (χ1n) is 8.15. The van der Waals surface area contributed by atoms with Crippen LogP contribution in [0.15, 0.2) is 47.4 Å². The van der Waals surface area contributed by atoms with E-state index < -0.39 is 15.8 Å². The molecule has 0 saturated carbocycles. The second-order valence-corrected chi connectivity index (χ2v) is 8.17. The van der Waals surface area contributed by atoms with Crippen molar-refractivity contribution in [2.75, 3.05) is 24.8 Å². The standard InChI is InChI=1S/C19H19NO5S/c1-25-19(22)16-5-3-7-17-15(16)6-4-12-20(17)18(21)13-8-10-14(11-9-13)26(2,23)24/h3,5,7-11H,4,6,12H2,1-2H3. The van der Waals surface area contributed by atoms with Crippen molar-refractivity contribution in [2.24, 2.45) is 0 Å². The number of hydrogen-bond acceptors (Lipinski definition) is 5. The van der Waals surface area contributed by atoms with E-state index in [0.29, 0.717) is 29.8 Å². The number of sulfone groups is 1. The van der Waals surface area contributed by atoms with Crippen LogP contribution in [0, 0.1) is 0 Å². The van der Waals surface area contributed by atoms with E-state index in [1.54, 1.807) is 17.0 Å². The zero-order valence-corrected chi connectivity index (χ0v) is 15.4. The van der Waals surface area contributed by atoms with Crippen LogP contribution < -0.4 is 4.90 Å². The lowest BCUT2D eigenvalue weighted by molar-refractivity contribution is 0.0599. The van der Waals surface area contributed by atoms with Crippen molar-refractivity contribution in [3.8, 4) is 0 Å². The van der Waals surface area contributed by atoms with E-state index in [9.17, 15) is 18.0 Å². The Hall–Kier alpha value is -2.67. The lowest BCUT2D eigenvalue weighted by atomic mass is 9.95. The summed E-state index contributed by atoms with van der Waals surface area (Å²) < 4.78 is 28.0. The number of rotatable bonds is 3. The number of carbonyl (C=O) groups is 2. The van der Waals surface area contributed by atoms with Gasteiger partial charge >= 0.3 is 5.97 Å². The van der Waals surface area contributed by atoms with Gasteiger partial charge in [-0.3, -0.25) is 4.79 Å². The molecule has 0 saturated heterocycles. The van der Waals surface area contributed by atoms with Crippen molar-refractivity contribution in [1.82, 2.24) is 0 Å². The lowest BCUT2D eigenvalue weighted by Crippen LogP contribution is -2.36. The van der Waals surface area contributed by atoms with Crippen LogP contribution in [-0.2, 0) is 21.0 Å². The number of ether oxygens (including phenoxy) is 1.